The van der Waals surface area contributed by atoms with Gasteiger partial charge in [-0.25, -0.2) is 9.98 Å². The number of benzene rings is 1. The van der Waals surface area contributed by atoms with E-state index in [0.29, 0.717) is 12.4 Å². The summed E-state index contributed by atoms with van der Waals surface area (Å²) < 4.78 is 0. The van der Waals surface area contributed by atoms with E-state index < -0.39 is 0 Å². The van der Waals surface area contributed by atoms with Gasteiger partial charge in [0, 0.05) is 25.5 Å². The van der Waals surface area contributed by atoms with Crippen LogP contribution in [0.25, 0.3) is 0 Å². The van der Waals surface area contributed by atoms with Crippen molar-refractivity contribution in [2.45, 2.75) is 13.5 Å². The van der Waals surface area contributed by atoms with Crippen LogP contribution < -0.4 is 16.4 Å². The van der Waals surface area contributed by atoms with Gasteiger partial charge in [-0.15, -0.1) is 0 Å². The molecule has 0 bridgehead atoms. The third-order valence-electron chi connectivity index (χ3n) is 3.87. The summed E-state index contributed by atoms with van der Waals surface area (Å²) in [6.07, 6.45) is 3.60. The van der Waals surface area contributed by atoms with Crippen LogP contribution in [0.4, 0.5) is 11.5 Å². The number of allylic oxidation sites excluding steroid dienone is 1. The largest absolute Gasteiger partial charge is 0.383 e. The summed E-state index contributed by atoms with van der Waals surface area (Å²) in [4.78, 5) is 15.3. The molecule has 1 aliphatic heterocycles. The Bertz CT molecular complexity index is 833. The van der Waals surface area contributed by atoms with Gasteiger partial charge in [0.05, 0.1) is 5.56 Å². The van der Waals surface area contributed by atoms with E-state index in [0.717, 1.165) is 34.2 Å². The van der Waals surface area contributed by atoms with E-state index in [4.69, 9.17) is 16.5 Å². The molecule has 122 valence electrons. The third kappa shape index (κ3) is 2.68. The summed E-state index contributed by atoms with van der Waals surface area (Å²) in [5, 5.41) is 0. The first-order valence-electron chi connectivity index (χ1n) is 7.71. The van der Waals surface area contributed by atoms with Gasteiger partial charge in [0.2, 0.25) is 0 Å². The Balaban J connectivity index is 2.15. The normalized spacial score (nSPS) is 17.6. The van der Waals surface area contributed by atoms with E-state index in [1.165, 1.54) is 0 Å². The Morgan fingerprint density at radius 1 is 1.21 bits per heavy atom. The molecule has 3 rings (SSSR count). The second kappa shape index (κ2) is 6.64. The molecule has 0 unspecified atom stereocenters. The SMILES string of the molecule is C/C=C1/N=C(c2cccnc2N)N(c2ccc(CN)cc2)C1=NC. The van der Waals surface area contributed by atoms with E-state index in [1.807, 2.05) is 54.3 Å². The molecule has 1 aromatic carbocycles. The number of aromatic nitrogens is 1. The number of aliphatic imine (C=N–C) groups is 2. The summed E-state index contributed by atoms with van der Waals surface area (Å²) in [7, 11) is 1.76. The molecule has 0 amide bonds. The molecule has 0 fully saturated rings. The van der Waals surface area contributed by atoms with Gasteiger partial charge in [0.15, 0.2) is 11.7 Å². The molecule has 0 atom stereocenters. The van der Waals surface area contributed by atoms with Crippen molar-refractivity contribution in [3.05, 3.63) is 65.5 Å². The molecule has 0 aliphatic carbocycles. The number of nitrogens with two attached hydrogens (primary N) is 2. The minimum absolute atomic E-state index is 0.438. The fourth-order valence-electron chi connectivity index (χ4n) is 2.65. The summed E-state index contributed by atoms with van der Waals surface area (Å²) in [6, 6.07) is 11.8. The highest BCUT2D eigenvalue weighted by Gasteiger charge is 2.31. The highest BCUT2D eigenvalue weighted by molar-refractivity contribution is 6.34. The van der Waals surface area contributed by atoms with E-state index in [9.17, 15) is 0 Å². The topological polar surface area (TPSA) is 92.9 Å². The van der Waals surface area contributed by atoms with Crippen molar-refractivity contribution >= 4 is 23.2 Å². The number of anilines is 2. The molecule has 2 aromatic rings. The fraction of sp³-hybridized carbons (Fsp3) is 0.167. The second-order valence-electron chi connectivity index (χ2n) is 5.30. The van der Waals surface area contributed by atoms with Crippen LogP contribution in [0.3, 0.4) is 0 Å². The average molecular weight is 320 g/mol. The van der Waals surface area contributed by atoms with Crippen LogP contribution in [0.2, 0.25) is 0 Å². The zero-order valence-electron chi connectivity index (χ0n) is 13.8. The molecule has 0 radical (unpaired) electrons. The quantitative estimate of drug-likeness (QED) is 0.907. The highest BCUT2D eigenvalue weighted by atomic mass is 15.3. The lowest BCUT2D eigenvalue weighted by Gasteiger charge is -2.22. The van der Waals surface area contributed by atoms with Crippen LogP contribution in [0.5, 0.6) is 0 Å². The lowest BCUT2D eigenvalue weighted by molar-refractivity contribution is 1.07. The van der Waals surface area contributed by atoms with Crippen molar-refractivity contribution in [3.8, 4) is 0 Å². The zero-order valence-corrected chi connectivity index (χ0v) is 13.8. The van der Waals surface area contributed by atoms with Gasteiger partial charge in [-0.05, 0) is 36.8 Å². The maximum absolute atomic E-state index is 6.07. The molecule has 1 aromatic heterocycles. The minimum Gasteiger partial charge on any atom is -0.383 e. The predicted molar refractivity (Wildman–Crippen MR) is 99.1 cm³/mol. The number of nitrogen functional groups attached to an aromatic ring is 1. The van der Waals surface area contributed by atoms with Crippen LogP contribution in [0, 0.1) is 0 Å². The maximum Gasteiger partial charge on any atom is 0.159 e. The zero-order chi connectivity index (χ0) is 17.1. The van der Waals surface area contributed by atoms with Crippen LogP contribution >= 0.6 is 0 Å². The highest BCUT2D eigenvalue weighted by Crippen LogP contribution is 2.29. The van der Waals surface area contributed by atoms with Crippen LogP contribution in [0.15, 0.2) is 64.4 Å². The second-order valence-corrected chi connectivity index (χ2v) is 5.30. The first-order valence-corrected chi connectivity index (χ1v) is 7.71. The molecule has 1 aliphatic rings. The summed E-state index contributed by atoms with van der Waals surface area (Å²) in [5.74, 6) is 1.93. The lowest BCUT2D eigenvalue weighted by Crippen LogP contribution is -2.33. The number of nitrogens with zero attached hydrogens (tertiary/aromatic N) is 4. The Labute approximate surface area is 141 Å². The minimum atomic E-state index is 0.438. The Morgan fingerprint density at radius 3 is 2.54 bits per heavy atom. The van der Waals surface area contributed by atoms with Crippen molar-refractivity contribution < 1.29 is 0 Å². The average Bonchev–Trinajstić information content (AvgIpc) is 3.00. The van der Waals surface area contributed by atoms with Crippen molar-refractivity contribution in [3.63, 3.8) is 0 Å². The number of hydrogen-bond donors (Lipinski definition) is 2. The molecule has 2 heterocycles. The fourth-order valence-corrected chi connectivity index (χ4v) is 2.65. The summed E-state index contributed by atoms with van der Waals surface area (Å²) in [5.41, 5.74) is 15.4. The van der Waals surface area contributed by atoms with Gasteiger partial charge in [-0.1, -0.05) is 18.2 Å². The van der Waals surface area contributed by atoms with Crippen LogP contribution in [0.1, 0.15) is 18.1 Å². The van der Waals surface area contributed by atoms with Gasteiger partial charge in [0.25, 0.3) is 0 Å². The number of rotatable bonds is 3. The number of pyridine rings is 1. The third-order valence-corrected chi connectivity index (χ3v) is 3.87. The van der Waals surface area contributed by atoms with Crippen molar-refractivity contribution in [1.82, 2.24) is 4.98 Å². The molecule has 0 spiro atoms. The van der Waals surface area contributed by atoms with Crippen LogP contribution in [-0.2, 0) is 6.54 Å². The number of hydrogen-bond acceptors (Lipinski definition) is 5. The number of amidine groups is 2. The Kier molecular flexibility index (Phi) is 4.39. The molecule has 24 heavy (non-hydrogen) atoms. The van der Waals surface area contributed by atoms with Crippen molar-refractivity contribution in [2.24, 2.45) is 15.7 Å². The molecule has 0 saturated heterocycles. The van der Waals surface area contributed by atoms with Gasteiger partial charge >= 0.3 is 0 Å². The van der Waals surface area contributed by atoms with Crippen molar-refractivity contribution in [2.75, 3.05) is 17.7 Å². The first-order chi connectivity index (χ1) is 11.7. The van der Waals surface area contributed by atoms with Crippen molar-refractivity contribution in [1.29, 1.82) is 0 Å². The molecular weight excluding hydrogens is 300 g/mol. The van der Waals surface area contributed by atoms with Gasteiger partial charge in [-0.3, -0.25) is 9.89 Å². The maximum atomic E-state index is 6.07. The smallest absolute Gasteiger partial charge is 0.159 e. The first kappa shape index (κ1) is 15.9. The van der Waals surface area contributed by atoms with Crippen LogP contribution in [-0.4, -0.2) is 23.7 Å². The predicted octanol–water partition coefficient (Wildman–Crippen LogP) is 2.32. The molecular formula is C18H20N6. The molecule has 0 saturated carbocycles. The molecule has 6 heteroatoms. The van der Waals surface area contributed by atoms with Gasteiger partial charge in [0.1, 0.15) is 11.5 Å². The Hall–Kier alpha value is -2.99. The monoisotopic (exact) mass is 320 g/mol. The molecule has 4 N–H and O–H groups in total. The van der Waals surface area contributed by atoms with E-state index >= 15 is 0 Å². The standard InChI is InChI=1S/C18H20N6/c1-3-15-18(21-2)24(13-8-6-12(11-19)7-9-13)17(23-15)14-5-4-10-22-16(14)20/h3-10H,11,19H2,1-2H3,(H2,20,22)/b15-3+,21-18?. The Morgan fingerprint density at radius 2 is 1.96 bits per heavy atom. The summed E-state index contributed by atoms with van der Waals surface area (Å²) >= 11 is 0. The molecule has 6 nitrogen and oxygen atoms in total. The lowest BCUT2D eigenvalue weighted by atomic mass is 10.1. The van der Waals surface area contributed by atoms with Gasteiger partial charge < -0.3 is 11.5 Å². The van der Waals surface area contributed by atoms with E-state index in [1.54, 1.807) is 13.2 Å². The van der Waals surface area contributed by atoms with Gasteiger partial charge in [-0.2, -0.15) is 0 Å². The van der Waals surface area contributed by atoms with E-state index in [-0.39, 0.29) is 0 Å². The van der Waals surface area contributed by atoms with E-state index in [2.05, 4.69) is 9.98 Å². The summed E-state index contributed by atoms with van der Waals surface area (Å²) in [6.45, 7) is 2.45.